The molecule has 17 heavy (non-hydrogen) atoms. The summed E-state index contributed by atoms with van der Waals surface area (Å²) < 4.78 is 13.3. The first-order valence-corrected chi connectivity index (χ1v) is 5.64. The molecule has 0 aliphatic heterocycles. The van der Waals surface area contributed by atoms with Crippen molar-refractivity contribution >= 4 is 5.69 Å². The zero-order valence-corrected chi connectivity index (χ0v) is 10.1. The van der Waals surface area contributed by atoms with Gasteiger partial charge in [-0.1, -0.05) is 19.9 Å². The van der Waals surface area contributed by atoms with Crippen LogP contribution in [0.3, 0.4) is 0 Å². The van der Waals surface area contributed by atoms with Crippen molar-refractivity contribution in [2.24, 2.45) is 5.92 Å². The number of nitrogens with one attached hydrogen (secondary N) is 1. The molecule has 1 rings (SSSR count). The molecule has 1 N–H and O–H groups in total. The maximum absolute atomic E-state index is 13.3. The van der Waals surface area contributed by atoms with Crippen LogP contribution in [0.2, 0.25) is 0 Å². The van der Waals surface area contributed by atoms with Crippen molar-refractivity contribution in [3.05, 3.63) is 39.7 Å². The maximum atomic E-state index is 13.3. The van der Waals surface area contributed by atoms with Gasteiger partial charge in [0.05, 0.1) is 4.92 Å². The van der Waals surface area contributed by atoms with Crippen LogP contribution < -0.4 is 5.32 Å². The van der Waals surface area contributed by atoms with E-state index in [-0.39, 0.29) is 0 Å². The quantitative estimate of drug-likeness (QED) is 0.472. The summed E-state index contributed by atoms with van der Waals surface area (Å²) in [5.41, 5.74) is 0.243. The Labute approximate surface area is 100.0 Å². The van der Waals surface area contributed by atoms with E-state index < -0.39 is 16.4 Å². The molecule has 0 radical (unpaired) electrons. The zero-order valence-electron chi connectivity index (χ0n) is 10.1. The Kier molecular flexibility index (Phi) is 5.03. The molecule has 0 fully saturated rings. The SMILES string of the molecule is CC(C)CCNCc1ccc([N+](=O)[O-])c(F)c1. The highest BCUT2D eigenvalue weighted by Crippen LogP contribution is 2.17. The van der Waals surface area contributed by atoms with Crippen molar-refractivity contribution in [3.63, 3.8) is 0 Å². The van der Waals surface area contributed by atoms with Crippen molar-refractivity contribution < 1.29 is 9.31 Å². The molecule has 94 valence electrons. The minimum absolute atomic E-state index is 0.476. The predicted octanol–water partition coefficient (Wildman–Crippen LogP) is 2.87. The van der Waals surface area contributed by atoms with E-state index >= 15 is 0 Å². The van der Waals surface area contributed by atoms with E-state index in [0.29, 0.717) is 12.5 Å². The number of nitro groups is 1. The standard InChI is InChI=1S/C12H17FN2O2/c1-9(2)5-6-14-8-10-3-4-12(15(16)17)11(13)7-10/h3-4,7,9,14H,5-6,8H2,1-2H3. The van der Waals surface area contributed by atoms with Crippen LogP contribution in [0.5, 0.6) is 0 Å². The summed E-state index contributed by atoms with van der Waals surface area (Å²) in [4.78, 5) is 9.70. The smallest absolute Gasteiger partial charge is 0.304 e. The molecule has 5 heteroatoms. The van der Waals surface area contributed by atoms with E-state index in [2.05, 4.69) is 19.2 Å². The van der Waals surface area contributed by atoms with Gasteiger partial charge >= 0.3 is 5.69 Å². The van der Waals surface area contributed by atoms with E-state index in [4.69, 9.17) is 0 Å². The van der Waals surface area contributed by atoms with Gasteiger partial charge in [0.1, 0.15) is 0 Å². The fourth-order valence-corrected chi connectivity index (χ4v) is 1.43. The molecular weight excluding hydrogens is 223 g/mol. The van der Waals surface area contributed by atoms with Crippen LogP contribution in [0.4, 0.5) is 10.1 Å². The van der Waals surface area contributed by atoms with Crippen LogP contribution in [0, 0.1) is 21.8 Å². The van der Waals surface area contributed by atoms with Crippen molar-refractivity contribution in [1.29, 1.82) is 0 Å². The van der Waals surface area contributed by atoms with Crippen molar-refractivity contribution in [2.75, 3.05) is 6.54 Å². The Morgan fingerprint density at radius 2 is 2.18 bits per heavy atom. The second-order valence-electron chi connectivity index (χ2n) is 4.40. The van der Waals surface area contributed by atoms with Gasteiger partial charge in [-0.15, -0.1) is 0 Å². The highest BCUT2D eigenvalue weighted by atomic mass is 19.1. The van der Waals surface area contributed by atoms with Gasteiger partial charge in [0.2, 0.25) is 5.82 Å². The average Bonchev–Trinajstić information content (AvgIpc) is 2.23. The third-order valence-corrected chi connectivity index (χ3v) is 2.44. The minimum Gasteiger partial charge on any atom is -0.313 e. The zero-order chi connectivity index (χ0) is 12.8. The monoisotopic (exact) mass is 240 g/mol. The Morgan fingerprint density at radius 3 is 2.71 bits per heavy atom. The number of nitrogens with zero attached hydrogens (tertiary/aromatic N) is 1. The summed E-state index contributed by atoms with van der Waals surface area (Å²) in [5, 5.41) is 13.6. The second kappa shape index (κ2) is 6.30. The molecule has 0 aliphatic carbocycles. The summed E-state index contributed by atoms with van der Waals surface area (Å²) in [6.07, 6.45) is 1.05. The molecule has 0 bridgehead atoms. The highest BCUT2D eigenvalue weighted by Gasteiger charge is 2.13. The number of benzene rings is 1. The fourth-order valence-electron chi connectivity index (χ4n) is 1.43. The number of halogens is 1. The van der Waals surface area contributed by atoms with Crippen LogP contribution in [-0.2, 0) is 6.54 Å². The molecule has 0 heterocycles. The van der Waals surface area contributed by atoms with Gasteiger partial charge in [-0.2, -0.15) is 4.39 Å². The Hall–Kier alpha value is -1.49. The lowest BCUT2D eigenvalue weighted by atomic mass is 10.1. The lowest BCUT2D eigenvalue weighted by molar-refractivity contribution is -0.387. The molecule has 0 saturated carbocycles. The lowest BCUT2D eigenvalue weighted by Gasteiger charge is -2.07. The molecule has 0 atom stereocenters. The maximum Gasteiger partial charge on any atom is 0.304 e. The molecule has 0 amide bonds. The van der Waals surface area contributed by atoms with E-state index in [1.165, 1.54) is 12.1 Å². The number of hydrogen-bond donors (Lipinski definition) is 1. The Balaban J connectivity index is 2.50. The lowest BCUT2D eigenvalue weighted by Crippen LogP contribution is -2.16. The first kappa shape index (κ1) is 13.6. The normalized spacial score (nSPS) is 10.8. The van der Waals surface area contributed by atoms with Gasteiger partial charge in [0.25, 0.3) is 0 Å². The average molecular weight is 240 g/mol. The number of nitro benzene ring substituents is 1. The molecule has 0 aromatic heterocycles. The van der Waals surface area contributed by atoms with E-state index in [0.717, 1.165) is 18.5 Å². The molecule has 0 aliphatic rings. The van der Waals surface area contributed by atoms with Crippen LogP contribution in [0.15, 0.2) is 18.2 Å². The highest BCUT2D eigenvalue weighted by molar-refractivity contribution is 5.34. The molecule has 0 spiro atoms. The molecule has 0 saturated heterocycles. The van der Waals surface area contributed by atoms with E-state index in [9.17, 15) is 14.5 Å². The van der Waals surface area contributed by atoms with Gasteiger partial charge in [-0.25, -0.2) is 0 Å². The Bertz CT molecular complexity index is 394. The summed E-state index contributed by atoms with van der Waals surface area (Å²) in [5.74, 6) is -0.158. The molecule has 1 aromatic carbocycles. The third-order valence-electron chi connectivity index (χ3n) is 2.44. The van der Waals surface area contributed by atoms with Gasteiger partial charge in [0, 0.05) is 12.6 Å². The third kappa shape index (κ3) is 4.48. The van der Waals surface area contributed by atoms with Crippen molar-refractivity contribution in [1.82, 2.24) is 5.32 Å². The second-order valence-corrected chi connectivity index (χ2v) is 4.40. The van der Waals surface area contributed by atoms with Gasteiger partial charge < -0.3 is 5.32 Å². The summed E-state index contributed by atoms with van der Waals surface area (Å²) in [6, 6.07) is 3.99. The minimum atomic E-state index is -0.779. The van der Waals surface area contributed by atoms with E-state index in [1.807, 2.05) is 0 Å². The fraction of sp³-hybridized carbons (Fsp3) is 0.500. The molecule has 4 nitrogen and oxygen atoms in total. The summed E-state index contributed by atoms with van der Waals surface area (Å²) in [7, 11) is 0. The van der Waals surface area contributed by atoms with Gasteiger partial charge in [-0.05, 0) is 30.5 Å². The number of rotatable bonds is 6. The van der Waals surface area contributed by atoms with Gasteiger partial charge in [-0.3, -0.25) is 10.1 Å². The van der Waals surface area contributed by atoms with Crippen molar-refractivity contribution in [2.45, 2.75) is 26.8 Å². The number of hydrogen-bond acceptors (Lipinski definition) is 3. The molecular formula is C12H17FN2O2. The van der Waals surface area contributed by atoms with Crippen LogP contribution in [0.1, 0.15) is 25.8 Å². The van der Waals surface area contributed by atoms with Crippen LogP contribution in [-0.4, -0.2) is 11.5 Å². The predicted molar refractivity (Wildman–Crippen MR) is 64.2 cm³/mol. The Morgan fingerprint density at radius 1 is 1.47 bits per heavy atom. The van der Waals surface area contributed by atoms with Crippen LogP contribution >= 0.6 is 0 Å². The van der Waals surface area contributed by atoms with Gasteiger partial charge in [0.15, 0.2) is 0 Å². The van der Waals surface area contributed by atoms with E-state index in [1.54, 1.807) is 6.07 Å². The van der Waals surface area contributed by atoms with Crippen molar-refractivity contribution in [3.8, 4) is 0 Å². The molecule has 1 aromatic rings. The molecule has 0 unspecified atom stereocenters. The summed E-state index contributed by atoms with van der Waals surface area (Å²) >= 11 is 0. The summed E-state index contributed by atoms with van der Waals surface area (Å²) in [6.45, 7) is 5.65. The first-order chi connectivity index (χ1) is 8.00. The van der Waals surface area contributed by atoms with Crippen LogP contribution in [0.25, 0.3) is 0 Å². The largest absolute Gasteiger partial charge is 0.313 e. The first-order valence-electron chi connectivity index (χ1n) is 5.64. The topological polar surface area (TPSA) is 55.2 Å².